The van der Waals surface area contributed by atoms with E-state index in [0.29, 0.717) is 17.2 Å². The van der Waals surface area contributed by atoms with Crippen molar-refractivity contribution in [2.75, 3.05) is 20.7 Å². The molecule has 1 heterocycles. The maximum absolute atomic E-state index is 9.34. The van der Waals surface area contributed by atoms with Crippen molar-refractivity contribution in [3.05, 3.63) is 70.5 Å². The zero-order valence-corrected chi connectivity index (χ0v) is 15.9. The van der Waals surface area contributed by atoms with Gasteiger partial charge in [0.15, 0.2) is 0 Å². The van der Waals surface area contributed by atoms with Crippen molar-refractivity contribution in [3.8, 4) is 6.07 Å². The molecule has 4 heteroatoms. The summed E-state index contributed by atoms with van der Waals surface area (Å²) in [7, 11) is 3.66. The summed E-state index contributed by atoms with van der Waals surface area (Å²) in [5.74, 6) is 0.615. The van der Waals surface area contributed by atoms with E-state index in [4.69, 9.17) is 16.3 Å². The first-order chi connectivity index (χ1) is 12.0. The summed E-state index contributed by atoms with van der Waals surface area (Å²) in [6.07, 6.45) is 3.32. The summed E-state index contributed by atoms with van der Waals surface area (Å²) in [5.41, 5.74) is 3.66. The molecule has 0 amide bonds. The van der Waals surface area contributed by atoms with Crippen LogP contribution in [-0.2, 0) is 4.74 Å². The van der Waals surface area contributed by atoms with Crippen LogP contribution in [0.25, 0.3) is 0 Å². The lowest BCUT2D eigenvalue weighted by molar-refractivity contribution is 0.234. The number of nitrogens with zero attached hydrogens (tertiary/aromatic N) is 2. The summed E-state index contributed by atoms with van der Waals surface area (Å²) >= 11 is 6.35. The zero-order valence-electron chi connectivity index (χ0n) is 15.1. The minimum atomic E-state index is 0.141. The Morgan fingerprint density at radius 2 is 2.12 bits per heavy atom. The maximum atomic E-state index is 9.34. The van der Waals surface area contributed by atoms with Crippen molar-refractivity contribution in [3.63, 3.8) is 0 Å². The molecule has 0 fully saturated rings. The molecule has 2 atom stereocenters. The first-order valence-corrected chi connectivity index (χ1v) is 8.79. The lowest BCUT2D eigenvalue weighted by Crippen LogP contribution is -2.36. The van der Waals surface area contributed by atoms with Crippen LogP contribution in [0, 0.1) is 11.3 Å². The SMILES string of the molecule is C=C(OC)/C(Cl)=C\C1=C(C)[C@@H](c2ccccc2)[C@H](CC#N)N(C)CC1. The quantitative estimate of drug-likeness (QED) is 0.551. The van der Waals surface area contributed by atoms with E-state index in [-0.39, 0.29) is 12.0 Å². The number of nitriles is 1. The van der Waals surface area contributed by atoms with E-state index in [1.807, 2.05) is 24.3 Å². The number of halogens is 1. The highest BCUT2D eigenvalue weighted by atomic mass is 35.5. The summed E-state index contributed by atoms with van der Waals surface area (Å²) in [6, 6.07) is 12.9. The molecule has 1 aliphatic rings. The van der Waals surface area contributed by atoms with Gasteiger partial charge in [0.25, 0.3) is 0 Å². The molecule has 132 valence electrons. The van der Waals surface area contributed by atoms with Gasteiger partial charge >= 0.3 is 0 Å². The standard InChI is InChI=1S/C21H25ClN2O/c1-15-18(14-19(22)16(2)25-4)11-13-24(3)20(10-12-23)21(15)17-8-6-5-7-9-17/h5-9,14,20-21H,2,10-11,13H2,1,3-4H3/b19-14+/t20-,21-/m0/s1. The Bertz CT molecular complexity index is 715. The van der Waals surface area contributed by atoms with Crippen LogP contribution in [0.5, 0.6) is 0 Å². The highest BCUT2D eigenvalue weighted by molar-refractivity contribution is 6.31. The molecule has 0 aromatic heterocycles. The normalized spacial score (nSPS) is 22.3. The molecule has 0 radical (unpaired) electrons. The van der Waals surface area contributed by atoms with E-state index >= 15 is 0 Å². The van der Waals surface area contributed by atoms with Crippen LogP contribution in [0.1, 0.15) is 31.2 Å². The average molecular weight is 357 g/mol. The molecular weight excluding hydrogens is 332 g/mol. The molecule has 25 heavy (non-hydrogen) atoms. The molecular formula is C21H25ClN2O. The summed E-state index contributed by atoms with van der Waals surface area (Å²) in [4.78, 5) is 2.28. The zero-order chi connectivity index (χ0) is 18.4. The number of hydrogen-bond acceptors (Lipinski definition) is 3. The van der Waals surface area contributed by atoms with Gasteiger partial charge in [-0.25, -0.2) is 0 Å². The number of methoxy groups -OCH3 is 1. The molecule has 3 nitrogen and oxygen atoms in total. The second kappa shape index (κ2) is 8.89. The Balaban J connectivity index is 2.54. The third-order valence-corrected chi connectivity index (χ3v) is 5.25. The van der Waals surface area contributed by atoms with E-state index in [2.05, 4.69) is 43.7 Å². The molecule has 0 bridgehead atoms. The Hall–Kier alpha value is -2.02. The maximum Gasteiger partial charge on any atom is 0.130 e. The fraction of sp³-hybridized carbons (Fsp3) is 0.381. The summed E-state index contributed by atoms with van der Waals surface area (Å²) < 4.78 is 5.14. The number of benzene rings is 1. The van der Waals surface area contributed by atoms with Gasteiger partial charge in [-0.3, -0.25) is 0 Å². The van der Waals surface area contributed by atoms with Crippen LogP contribution >= 0.6 is 11.6 Å². The molecule has 1 aromatic carbocycles. The third kappa shape index (κ3) is 4.54. The van der Waals surface area contributed by atoms with Crippen molar-refractivity contribution >= 4 is 11.6 Å². The van der Waals surface area contributed by atoms with Crippen molar-refractivity contribution in [1.29, 1.82) is 5.26 Å². The van der Waals surface area contributed by atoms with Crippen molar-refractivity contribution in [2.45, 2.75) is 31.7 Å². The van der Waals surface area contributed by atoms with Gasteiger partial charge in [-0.15, -0.1) is 0 Å². The van der Waals surface area contributed by atoms with Crippen molar-refractivity contribution < 1.29 is 4.74 Å². The van der Waals surface area contributed by atoms with E-state index in [1.165, 1.54) is 16.7 Å². The minimum Gasteiger partial charge on any atom is -0.496 e. The van der Waals surface area contributed by atoms with Gasteiger partial charge in [0.1, 0.15) is 5.76 Å². The molecule has 1 aromatic rings. The lowest BCUT2D eigenvalue weighted by atomic mass is 9.82. The molecule has 0 saturated heterocycles. The molecule has 1 aliphatic heterocycles. The van der Waals surface area contributed by atoms with E-state index in [1.54, 1.807) is 7.11 Å². The highest BCUT2D eigenvalue weighted by Crippen LogP contribution is 2.38. The predicted octanol–water partition coefficient (Wildman–Crippen LogP) is 4.99. The van der Waals surface area contributed by atoms with Gasteiger partial charge in [0.05, 0.1) is 24.6 Å². The summed E-state index contributed by atoms with van der Waals surface area (Å²) in [6.45, 7) is 6.85. The summed E-state index contributed by atoms with van der Waals surface area (Å²) in [5, 5.41) is 9.86. The molecule has 2 rings (SSSR count). The van der Waals surface area contributed by atoms with Gasteiger partial charge in [0, 0.05) is 18.5 Å². The van der Waals surface area contributed by atoms with Gasteiger partial charge < -0.3 is 9.64 Å². The highest BCUT2D eigenvalue weighted by Gasteiger charge is 2.31. The fourth-order valence-electron chi connectivity index (χ4n) is 3.42. The topological polar surface area (TPSA) is 36.3 Å². The number of ether oxygens (including phenoxy) is 1. The molecule has 0 N–H and O–H groups in total. The second-order valence-corrected chi connectivity index (χ2v) is 6.78. The van der Waals surface area contributed by atoms with Crippen molar-refractivity contribution in [2.24, 2.45) is 0 Å². The Morgan fingerprint density at radius 1 is 1.44 bits per heavy atom. The monoisotopic (exact) mass is 356 g/mol. The number of hydrogen-bond donors (Lipinski definition) is 0. The van der Waals surface area contributed by atoms with Crippen LogP contribution in [0.2, 0.25) is 0 Å². The van der Waals surface area contributed by atoms with Gasteiger partial charge in [0.2, 0.25) is 0 Å². The Labute approximate surface area is 155 Å². The lowest BCUT2D eigenvalue weighted by Gasteiger charge is -2.32. The van der Waals surface area contributed by atoms with E-state index in [9.17, 15) is 5.26 Å². The van der Waals surface area contributed by atoms with Crippen LogP contribution in [0.3, 0.4) is 0 Å². The predicted molar refractivity (Wildman–Crippen MR) is 103 cm³/mol. The number of rotatable bonds is 5. The minimum absolute atomic E-state index is 0.141. The molecule has 0 unspecified atom stereocenters. The van der Waals surface area contributed by atoms with E-state index in [0.717, 1.165) is 13.0 Å². The molecule has 0 aliphatic carbocycles. The van der Waals surface area contributed by atoms with Crippen LogP contribution < -0.4 is 0 Å². The second-order valence-electron chi connectivity index (χ2n) is 6.38. The largest absolute Gasteiger partial charge is 0.496 e. The Kier molecular flexibility index (Phi) is 6.87. The van der Waals surface area contributed by atoms with Crippen LogP contribution in [0.15, 0.2) is 64.9 Å². The number of allylic oxidation sites excluding steroid dienone is 2. The fourth-order valence-corrected chi connectivity index (χ4v) is 3.63. The van der Waals surface area contributed by atoms with Crippen LogP contribution in [0.4, 0.5) is 0 Å². The van der Waals surface area contributed by atoms with E-state index < -0.39 is 0 Å². The van der Waals surface area contributed by atoms with Gasteiger partial charge in [-0.2, -0.15) is 5.26 Å². The van der Waals surface area contributed by atoms with Crippen LogP contribution in [-0.4, -0.2) is 31.6 Å². The first-order valence-electron chi connectivity index (χ1n) is 8.41. The third-order valence-electron chi connectivity index (χ3n) is 4.93. The average Bonchev–Trinajstić information content (AvgIpc) is 2.74. The number of likely N-dealkylation sites (N-methyl/N-ethyl adjacent to an activating group) is 1. The molecule has 0 saturated carbocycles. The Morgan fingerprint density at radius 3 is 2.72 bits per heavy atom. The molecule has 0 spiro atoms. The van der Waals surface area contributed by atoms with Gasteiger partial charge in [-0.05, 0) is 37.6 Å². The van der Waals surface area contributed by atoms with Gasteiger partial charge in [-0.1, -0.05) is 54.1 Å². The smallest absolute Gasteiger partial charge is 0.130 e. The van der Waals surface area contributed by atoms with Crippen molar-refractivity contribution in [1.82, 2.24) is 4.90 Å². The first kappa shape index (κ1) is 19.3.